The molecule has 6 nitrogen and oxygen atoms in total. The summed E-state index contributed by atoms with van der Waals surface area (Å²) < 4.78 is 0. The van der Waals surface area contributed by atoms with E-state index in [2.05, 4.69) is 15.2 Å². The van der Waals surface area contributed by atoms with Gasteiger partial charge in [0, 0.05) is 38.4 Å². The lowest BCUT2D eigenvalue weighted by Gasteiger charge is -2.16. The molecule has 0 aromatic carbocycles. The first-order chi connectivity index (χ1) is 10.7. The van der Waals surface area contributed by atoms with Crippen molar-refractivity contribution in [3.8, 4) is 0 Å². The molecule has 0 radical (unpaired) electrons. The zero-order valence-electron chi connectivity index (χ0n) is 12.5. The molecule has 1 aromatic rings. The van der Waals surface area contributed by atoms with Gasteiger partial charge in [-0.05, 0) is 25.0 Å². The summed E-state index contributed by atoms with van der Waals surface area (Å²) in [5.74, 6) is 1.71. The topological polar surface area (TPSA) is 65.5 Å². The minimum absolute atomic E-state index is 0.0735. The fourth-order valence-electron chi connectivity index (χ4n) is 2.68. The Labute approximate surface area is 134 Å². The summed E-state index contributed by atoms with van der Waals surface area (Å²) in [5, 5.41) is 2.91. The van der Waals surface area contributed by atoms with Gasteiger partial charge in [-0.25, -0.2) is 4.98 Å². The van der Waals surface area contributed by atoms with E-state index in [-0.39, 0.29) is 11.1 Å². The van der Waals surface area contributed by atoms with Gasteiger partial charge in [-0.2, -0.15) is 0 Å². The first-order valence-corrected chi connectivity index (χ1v) is 8.63. The van der Waals surface area contributed by atoms with Crippen molar-refractivity contribution in [2.24, 2.45) is 0 Å². The minimum Gasteiger partial charge on any atom is -0.357 e. The molecule has 118 valence electrons. The highest BCUT2D eigenvalue weighted by Crippen LogP contribution is 2.20. The van der Waals surface area contributed by atoms with Gasteiger partial charge < -0.3 is 15.1 Å². The Morgan fingerprint density at radius 1 is 1.27 bits per heavy atom. The van der Waals surface area contributed by atoms with Crippen molar-refractivity contribution in [1.82, 2.24) is 9.88 Å². The predicted octanol–water partition coefficient (Wildman–Crippen LogP) is 2.18. The Bertz CT molecular complexity index is 543. The zero-order chi connectivity index (χ0) is 15.4. The second-order valence-electron chi connectivity index (χ2n) is 5.50. The molecule has 0 saturated carbocycles. The monoisotopic (exact) mass is 320 g/mol. The van der Waals surface area contributed by atoms with Crippen LogP contribution < -0.4 is 10.2 Å². The summed E-state index contributed by atoms with van der Waals surface area (Å²) in [6.07, 6.45) is 4.45. The van der Waals surface area contributed by atoms with Gasteiger partial charge in [-0.15, -0.1) is 0 Å². The highest BCUT2D eigenvalue weighted by molar-refractivity contribution is 8.13. The molecule has 3 rings (SSSR count). The van der Waals surface area contributed by atoms with Gasteiger partial charge in [-0.3, -0.25) is 9.59 Å². The molecule has 1 N–H and O–H groups in total. The molecular formula is C15H20N4O2S. The van der Waals surface area contributed by atoms with Crippen LogP contribution in [-0.2, 0) is 4.79 Å². The molecular weight excluding hydrogens is 300 g/mol. The summed E-state index contributed by atoms with van der Waals surface area (Å²) in [4.78, 5) is 31.8. The van der Waals surface area contributed by atoms with Crippen LogP contribution in [0.25, 0.3) is 0 Å². The largest absolute Gasteiger partial charge is 0.357 e. The van der Waals surface area contributed by atoms with E-state index in [9.17, 15) is 9.59 Å². The van der Waals surface area contributed by atoms with E-state index in [1.54, 1.807) is 11.1 Å². The Hall–Kier alpha value is -1.76. The number of hydrogen-bond donors (Lipinski definition) is 1. The molecule has 1 aromatic heterocycles. The van der Waals surface area contributed by atoms with E-state index in [1.807, 2.05) is 12.1 Å². The van der Waals surface area contributed by atoms with Gasteiger partial charge in [0.15, 0.2) is 0 Å². The molecule has 2 amide bonds. The molecule has 2 fully saturated rings. The van der Waals surface area contributed by atoms with Crippen molar-refractivity contribution in [3.63, 3.8) is 0 Å². The van der Waals surface area contributed by atoms with Crippen LogP contribution >= 0.6 is 11.8 Å². The zero-order valence-corrected chi connectivity index (χ0v) is 13.3. The second-order valence-corrected chi connectivity index (χ2v) is 6.54. The Morgan fingerprint density at radius 2 is 2.09 bits per heavy atom. The number of hydrogen-bond acceptors (Lipinski definition) is 5. The third-order valence-corrected chi connectivity index (χ3v) is 4.81. The van der Waals surface area contributed by atoms with Crippen molar-refractivity contribution in [3.05, 3.63) is 18.3 Å². The van der Waals surface area contributed by atoms with E-state index < -0.39 is 0 Å². The van der Waals surface area contributed by atoms with Crippen LogP contribution in [0.4, 0.5) is 16.3 Å². The van der Waals surface area contributed by atoms with Gasteiger partial charge in [0.2, 0.25) is 5.91 Å². The normalized spacial score (nSPS) is 18.1. The van der Waals surface area contributed by atoms with Crippen LogP contribution in [-0.4, -0.2) is 53.0 Å². The first kappa shape index (κ1) is 15.1. The Balaban J connectivity index is 1.47. The Morgan fingerprint density at radius 3 is 2.73 bits per heavy atom. The van der Waals surface area contributed by atoms with Crippen molar-refractivity contribution >= 4 is 34.4 Å². The number of aromatic nitrogens is 1. The molecule has 3 heterocycles. The molecule has 2 aliphatic rings. The van der Waals surface area contributed by atoms with Gasteiger partial charge in [-0.1, -0.05) is 11.8 Å². The lowest BCUT2D eigenvalue weighted by atomic mass is 10.3. The van der Waals surface area contributed by atoms with Crippen molar-refractivity contribution in [1.29, 1.82) is 0 Å². The predicted molar refractivity (Wildman–Crippen MR) is 88.4 cm³/mol. The van der Waals surface area contributed by atoms with E-state index in [1.165, 1.54) is 24.6 Å². The maximum atomic E-state index is 11.9. The van der Waals surface area contributed by atoms with Crippen LogP contribution in [0, 0.1) is 0 Å². The van der Waals surface area contributed by atoms with Crippen LogP contribution in [0.3, 0.4) is 0 Å². The second kappa shape index (κ2) is 7.00. The number of amides is 2. The van der Waals surface area contributed by atoms with Crippen LogP contribution in [0.5, 0.6) is 0 Å². The number of pyridine rings is 1. The van der Waals surface area contributed by atoms with Crippen molar-refractivity contribution in [2.75, 3.05) is 42.1 Å². The standard InChI is InChI=1S/C15H20N4O2S/c20-14(5-8-19-9-10-22-15(19)21)17-12-3-4-13(16-11-12)18-6-1-2-7-18/h3-4,11H,1-2,5-10H2,(H,17,20). The SMILES string of the molecule is O=C(CCN1CCSC1=O)Nc1ccc(N2CCCC2)nc1. The average Bonchev–Trinajstić information content (AvgIpc) is 3.18. The third kappa shape index (κ3) is 3.71. The van der Waals surface area contributed by atoms with E-state index >= 15 is 0 Å². The van der Waals surface area contributed by atoms with Gasteiger partial charge in [0.05, 0.1) is 11.9 Å². The quantitative estimate of drug-likeness (QED) is 0.901. The molecule has 2 aliphatic heterocycles. The van der Waals surface area contributed by atoms with Crippen LogP contribution in [0.15, 0.2) is 18.3 Å². The maximum absolute atomic E-state index is 11.9. The first-order valence-electron chi connectivity index (χ1n) is 7.65. The lowest BCUT2D eigenvalue weighted by Crippen LogP contribution is -2.27. The molecule has 0 atom stereocenters. The lowest BCUT2D eigenvalue weighted by molar-refractivity contribution is -0.116. The van der Waals surface area contributed by atoms with Gasteiger partial charge in [0.25, 0.3) is 5.24 Å². The maximum Gasteiger partial charge on any atom is 0.281 e. The van der Waals surface area contributed by atoms with Crippen molar-refractivity contribution in [2.45, 2.75) is 19.3 Å². The molecule has 22 heavy (non-hydrogen) atoms. The third-order valence-electron chi connectivity index (χ3n) is 3.92. The average molecular weight is 320 g/mol. The van der Waals surface area contributed by atoms with Gasteiger partial charge >= 0.3 is 0 Å². The summed E-state index contributed by atoms with van der Waals surface area (Å²) in [7, 11) is 0. The minimum atomic E-state index is -0.0829. The molecule has 0 aliphatic carbocycles. The summed E-state index contributed by atoms with van der Waals surface area (Å²) in [6.45, 7) is 3.33. The number of rotatable bonds is 5. The van der Waals surface area contributed by atoms with Gasteiger partial charge in [0.1, 0.15) is 5.82 Å². The number of nitrogens with zero attached hydrogens (tertiary/aromatic N) is 3. The van der Waals surface area contributed by atoms with E-state index in [0.29, 0.717) is 18.7 Å². The van der Waals surface area contributed by atoms with Crippen LogP contribution in [0.2, 0.25) is 0 Å². The highest BCUT2D eigenvalue weighted by atomic mass is 32.2. The molecule has 7 heteroatoms. The number of nitrogens with one attached hydrogen (secondary N) is 1. The summed E-state index contributed by atoms with van der Waals surface area (Å²) in [6, 6.07) is 3.83. The molecule has 0 bridgehead atoms. The fourth-order valence-corrected chi connectivity index (χ4v) is 3.53. The smallest absolute Gasteiger partial charge is 0.281 e. The highest BCUT2D eigenvalue weighted by Gasteiger charge is 2.21. The number of thioether (sulfide) groups is 1. The molecule has 0 unspecified atom stereocenters. The number of carbonyl (C=O) groups excluding carboxylic acids is 2. The van der Waals surface area contributed by atoms with E-state index in [0.717, 1.165) is 31.2 Å². The fraction of sp³-hybridized carbons (Fsp3) is 0.533. The van der Waals surface area contributed by atoms with E-state index in [4.69, 9.17) is 0 Å². The Kier molecular flexibility index (Phi) is 4.82. The molecule has 2 saturated heterocycles. The summed E-state index contributed by atoms with van der Waals surface area (Å²) >= 11 is 1.32. The van der Waals surface area contributed by atoms with Crippen LogP contribution in [0.1, 0.15) is 19.3 Å². The number of carbonyl (C=O) groups is 2. The molecule has 0 spiro atoms. The summed E-state index contributed by atoms with van der Waals surface area (Å²) in [5.41, 5.74) is 0.704. The van der Waals surface area contributed by atoms with Crippen molar-refractivity contribution < 1.29 is 9.59 Å². The number of anilines is 2.